The van der Waals surface area contributed by atoms with Crippen LogP contribution in [-0.2, 0) is 4.74 Å². The number of hydrogen-bond acceptors (Lipinski definition) is 4. The monoisotopic (exact) mass is 259 g/mol. The Kier molecular flexibility index (Phi) is 3.55. The standard InChI is InChI=1S/C14H17N3O2/c1-9(2)10-4-6-11(7-5-10)17-8-16-12(13(17)15)14(18)19-3/h4-9H,15H2,1-3H3. The second-order valence-corrected chi connectivity index (χ2v) is 4.59. The molecule has 1 aromatic heterocycles. The van der Waals surface area contributed by atoms with E-state index in [9.17, 15) is 4.79 Å². The Hall–Kier alpha value is -2.30. The maximum absolute atomic E-state index is 11.4. The first kappa shape index (κ1) is 13.1. The van der Waals surface area contributed by atoms with Crippen molar-refractivity contribution in [1.82, 2.24) is 9.55 Å². The first-order valence-corrected chi connectivity index (χ1v) is 6.06. The molecule has 0 bridgehead atoms. The Morgan fingerprint density at radius 3 is 2.47 bits per heavy atom. The molecular formula is C14H17N3O2. The van der Waals surface area contributed by atoms with Crippen molar-refractivity contribution in [2.24, 2.45) is 0 Å². The molecule has 5 heteroatoms. The molecule has 0 fully saturated rings. The van der Waals surface area contributed by atoms with Gasteiger partial charge in [0, 0.05) is 5.69 Å². The number of methoxy groups -OCH3 is 1. The second kappa shape index (κ2) is 5.14. The molecule has 0 radical (unpaired) electrons. The van der Waals surface area contributed by atoms with Crippen molar-refractivity contribution in [1.29, 1.82) is 0 Å². The summed E-state index contributed by atoms with van der Waals surface area (Å²) in [5, 5.41) is 0. The molecule has 0 spiro atoms. The summed E-state index contributed by atoms with van der Waals surface area (Å²) in [6, 6.07) is 7.98. The van der Waals surface area contributed by atoms with Gasteiger partial charge in [0.15, 0.2) is 5.69 Å². The Balaban J connectivity index is 2.37. The van der Waals surface area contributed by atoms with Crippen LogP contribution >= 0.6 is 0 Å². The number of carbonyl (C=O) groups excluding carboxylic acids is 1. The van der Waals surface area contributed by atoms with Crippen molar-refractivity contribution in [3.63, 3.8) is 0 Å². The van der Waals surface area contributed by atoms with Gasteiger partial charge in [-0.3, -0.25) is 4.57 Å². The predicted molar refractivity (Wildman–Crippen MR) is 73.4 cm³/mol. The number of rotatable bonds is 3. The van der Waals surface area contributed by atoms with Gasteiger partial charge in [-0.05, 0) is 23.6 Å². The molecule has 19 heavy (non-hydrogen) atoms. The molecule has 2 N–H and O–H groups in total. The number of imidazole rings is 1. The number of ether oxygens (including phenoxy) is 1. The van der Waals surface area contributed by atoms with Gasteiger partial charge in [-0.2, -0.15) is 0 Å². The predicted octanol–water partition coefficient (Wildman–Crippen LogP) is 2.36. The van der Waals surface area contributed by atoms with E-state index in [4.69, 9.17) is 5.73 Å². The maximum atomic E-state index is 11.4. The van der Waals surface area contributed by atoms with E-state index in [0.29, 0.717) is 5.92 Å². The summed E-state index contributed by atoms with van der Waals surface area (Å²) < 4.78 is 6.29. The van der Waals surface area contributed by atoms with Crippen molar-refractivity contribution in [3.05, 3.63) is 41.9 Å². The van der Waals surface area contributed by atoms with Crippen LogP contribution < -0.4 is 5.73 Å². The number of anilines is 1. The third-order valence-electron chi connectivity index (χ3n) is 3.02. The highest BCUT2D eigenvalue weighted by Crippen LogP contribution is 2.20. The van der Waals surface area contributed by atoms with E-state index in [1.165, 1.54) is 19.0 Å². The van der Waals surface area contributed by atoms with Crippen LogP contribution in [0.3, 0.4) is 0 Å². The Bertz CT molecular complexity index is 585. The summed E-state index contributed by atoms with van der Waals surface area (Å²) in [5.74, 6) is 0.221. The number of nitrogens with two attached hydrogens (primary N) is 1. The maximum Gasteiger partial charge on any atom is 0.360 e. The lowest BCUT2D eigenvalue weighted by molar-refractivity contribution is 0.0596. The van der Waals surface area contributed by atoms with Crippen LogP contribution in [0.2, 0.25) is 0 Å². The molecular weight excluding hydrogens is 242 g/mol. The molecule has 0 amide bonds. The van der Waals surface area contributed by atoms with Gasteiger partial charge >= 0.3 is 5.97 Å². The van der Waals surface area contributed by atoms with Gasteiger partial charge < -0.3 is 10.5 Å². The van der Waals surface area contributed by atoms with Crippen LogP contribution in [0, 0.1) is 0 Å². The highest BCUT2D eigenvalue weighted by Gasteiger charge is 2.16. The molecule has 2 aromatic rings. The number of benzene rings is 1. The zero-order chi connectivity index (χ0) is 14.0. The zero-order valence-electron chi connectivity index (χ0n) is 11.3. The fourth-order valence-electron chi connectivity index (χ4n) is 1.84. The molecule has 0 atom stereocenters. The van der Waals surface area contributed by atoms with Crippen molar-refractivity contribution in [2.45, 2.75) is 19.8 Å². The van der Waals surface area contributed by atoms with E-state index >= 15 is 0 Å². The largest absolute Gasteiger partial charge is 0.464 e. The quantitative estimate of drug-likeness (QED) is 0.859. The van der Waals surface area contributed by atoms with Gasteiger partial charge in [-0.25, -0.2) is 9.78 Å². The van der Waals surface area contributed by atoms with Crippen LogP contribution in [0.4, 0.5) is 5.82 Å². The number of carbonyl (C=O) groups is 1. The minimum Gasteiger partial charge on any atom is -0.464 e. The minimum absolute atomic E-state index is 0.135. The summed E-state index contributed by atoms with van der Waals surface area (Å²) in [4.78, 5) is 15.4. The van der Waals surface area contributed by atoms with E-state index in [2.05, 4.69) is 23.6 Å². The third kappa shape index (κ3) is 2.45. The van der Waals surface area contributed by atoms with Crippen molar-refractivity contribution >= 4 is 11.8 Å². The lowest BCUT2D eigenvalue weighted by Gasteiger charge is -2.08. The SMILES string of the molecule is COC(=O)c1ncn(-c2ccc(C(C)C)cc2)c1N. The van der Waals surface area contributed by atoms with Crippen LogP contribution in [0.1, 0.15) is 35.8 Å². The first-order chi connectivity index (χ1) is 9.04. The van der Waals surface area contributed by atoms with Crippen LogP contribution in [0.15, 0.2) is 30.6 Å². The smallest absolute Gasteiger partial charge is 0.360 e. The lowest BCUT2D eigenvalue weighted by atomic mass is 10.0. The van der Waals surface area contributed by atoms with Crippen molar-refractivity contribution < 1.29 is 9.53 Å². The van der Waals surface area contributed by atoms with Crippen molar-refractivity contribution in [2.75, 3.05) is 12.8 Å². The summed E-state index contributed by atoms with van der Waals surface area (Å²) in [7, 11) is 1.30. The van der Waals surface area contributed by atoms with Crippen LogP contribution in [0.25, 0.3) is 5.69 Å². The van der Waals surface area contributed by atoms with E-state index < -0.39 is 5.97 Å². The van der Waals surface area contributed by atoms with Gasteiger partial charge in [0.25, 0.3) is 0 Å². The van der Waals surface area contributed by atoms with Crippen molar-refractivity contribution in [3.8, 4) is 5.69 Å². The summed E-state index contributed by atoms with van der Waals surface area (Å²) >= 11 is 0. The highest BCUT2D eigenvalue weighted by atomic mass is 16.5. The Morgan fingerprint density at radius 2 is 1.95 bits per heavy atom. The molecule has 0 unspecified atom stereocenters. The molecule has 100 valence electrons. The molecule has 2 rings (SSSR count). The summed E-state index contributed by atoms with van der Waals surface area (Å²) in [6.07, 6.45) is 1.52. The third-order valence-corrected chi connectivity index (χ3v) is 3.02. The van der Waals surface area contributed by atoms with E-state index in [1.54, 1.807) is 4.57 Å². The molecule has 5 nitrogen and oxygen atoms in total. The number of nitrogen functional groups attached to an aromatic ring is 1. The fourth-order valence-corrected chi connectivity index (χ4v) is 1.84. The minimum atomic E-state index is -0.532. The molecule has 0 aliphatic heterocycles. The average Bonchev–Trinajstić information content (AvgIpc) is 2.80. The molecule has 0 saturated heterocycles. The molecule has 1 heterocycles. The second-order valence-electron chi connectivity index (χ2n) is 4.59. The van der Waals surface area contributed by atoms with Crippen LogP contribution in [-0.4, -0.2) is 22.6 Å². The van der Waals surface area contributed by atoms with E-state index in [1.807, 2.05) is 24.3 Å². The summed E-state index contributed by atoms with van der Waals surface area (Å²) in [6.45, 7) is 4.27. The molecule has 0 aliphatic rings. The van der Waals surface area contributed by atoms with Gasteiger partial charge in [0.1, 0.15) is 12.1 Å². The number of nitrogens with zero attached hydrogens (tertiary/aromatic N) is 2. The Labute approximate surface area is 112 Å². The topological polar surface area (TPSA) is 70.1 Å². The van der Waals surface area contributed by atoms with E-state index in [0.717, 1.165) is 5.69 Å². The Morgan fingerprint density at radius 1 is 1.32 bits per heavy atom. The zero-order valence-corrected chi connectivity index (χ0v) is 11.3. The summed E-state index contributed by atoms with van der Waals surface area (Å²) in [5.41, 5.74) is 8.16. The normalized spacial score (nSPS) is 10.7. The van der Waals surface area contributed by atoms with Gasteiger partial charge in [0.05, 0.1) is 7.11 Å². The lowest BCUT2D eigenvalue weighted by Crippen LogP contribution is -2.07. The first-order valence-electron chi connectivity index (χ1n) is 6.06. The average molecular weight is 259 g/mol. The van der Waals surface area contributed by atoms with Gasteiger partial charge in [-0.1, -0.05) is 26.0 Å². The number of esters is 1. The highest BCUT2D eigenvalue weighted by molar-refractivity contribution is 5.92. The van der Waals surface area contributed by atoms with Gasteiger partial charge in [-0.15, -0.1) is 0 Å². The molecule has 1 aromatic carbocycles. The number of hydrogen-bond donors (Lipinski definition) is 1. The van der Waals surface area contributed by atoms with Gasteiger partial charge in [0.2, 0.25) is 0 Å². The van der Waals surface area contributed by atoms with Crippen LogP contribution in [0.5, 0.6) is 0 Å². The van der Waals surface area contributed by atoms with E-state index in [-0.39, 0.29) is 11.5 Å². The molecule has 0 saturated carbocycles. The molecule has 0 aliphatic carbocycles. The number of aromatic nitrogens is 2. The fraction of sp³-hybridized carbons (Fsp3) is 0.286.